The summed E-state index contributed by atoms with van der Waals surface area (Å²) in [5.74, 6) is 0. The van der Waals surface area contributed by atoms with Crippen LogP contribution in [0.3, 0.4) is 0 Å². The quantitative estimate of drug-likeness (QED) is 0.700. The van der Waals surface area contributed by atoms with Crippen molar-refractivity contribution in [3.8, 4) is 0 Å². The van der Waals surface area contributed by atoms with Gasteiger partial charge in [0.1, 0.15) is 0 Å². The Morgan fingerprint density at radius 1 is 1.38 bits per heavy atom. The maximum atomic E-state index is 5.37. The molecule has 2 rings (SSSR count). The van der Waals surface area contributed by atoms with Crippen LogP contribution in [0.15, 0.2) is 30.6 Å². The molecule has 1 aromatic heterocycles. The number of hydrogen-bond donors (Lipinski definition) is 0. The number of nitrogens with zero attached hydrogens (tertiary/aromatic N) is 1. The fourth-order valence-electron chi connectivity index (χ4n) is 1.14. The number of pyridine rings is 1. The van der Waals surface area contributed by atoms with Gasteiger partial charge in [-0.25, -0.2) is 12.1 Å². The zero-order valence-corrected chi connectivity index (χ0v) is 9.90. The molecule has 0 bridgehead atoms. The van der Waals surface area contributed by atoms with E-state index in [0.717, 1.165) is 16.3 Å². The van der Waals surface area contributed by atoms with Crippen LogP contribution in [0, 0.1) is 12.6 Å². The summed E-state index contributed by atoms with van der Waals surface area (Å²) in [6, 6.07) is 8.87. The van der Waals surface area contributed by atoms with Gasteiger partial charge >= 0.3 is 0 Å². The Hall–Kier alpha value is -0.526. The third-order valence-electron chi connectivity index (χ3n) is 1.77. The first-order valence-electron chi connectivity index (χ1n) is 3.70. The molecule has 0 spiro atoms. The largest absolute Gasteiger partial charge is 0.344 e. The standard InChI is InChI=1S/C11H7N.Y/c1-2-9-3-4-11-8-12-6-5-10(11)7-9;/h1-2,4-8H;/q-2;. The second-order valence-electron chi connectivity index (χ2n) is 2.56. The van der Waals surface area contributed by atoms with E-state index in [1.807, 2.05) is 24.4 Å². The summed E-state index contributed by atoms with van der Waals surface area (Å²) >= 11 is 0. The molecule has 1 nitrogen and oxygen atoms in total. The van der Waals surface area contributed by atoms with Crippen LogP contribution in [0.5, 0.6) is 0 Å². The summed E-state index contributed by atoms with van der Waals surface area (Å²) in [7, 11) is 0. The van der Waals surface area contributed by atoms with Gasteiger partial charge in [0.25, 0.3) is 0 Å². The molecule has 2 heteroatoms. The van der Waals surface area contributed by atoms with Gasteiger partial charge in [-0.2, -0.15) is 6.07 Å². The molecule has 0 aliphatic rings. The van der Waals surface area contributed by atoms with Crippen molar-refractivity contribution in [3.63, 3.8) is 0 Å². The molecule has 0 fully saturated rings. The van der Waals surface area contributed by atoms with Gasteiger partial charge in [0.15, 0.2) is 0 Å². The fraction of sp³-hybridized carbons (Fsp3) is 0. The first-order valence-corrected chi connectivity index (χ1v) is 3.70. The minimum absolute atomic E-state index is 0. The Balaban J connectivity index is 0.000000845. The average Bonchev–Trinajstić information content (AvgIpc) is 2.17. The molecule has 0 saturated carbocycles. The Bertz CT molecular complexity index is 423. The Kier molecular flexibility index (Phi) is 3.77. The van der Waals surface area contributed by atoms with Gasteiger partial charge in [0.05, 0.1) is 0 Å². The molecule has 0 unspecified atom stereocenters. The van der Waals surface area contributed by atoms with Gasteiger partial charge in [0.2, 0.25) is 0 Å². The zero-order valence-electron chi connectivity index (χ0n) is 7.07. The molecule has 0 aliphatic carbocycles. The second kappa shape index (κ2) is 4.64. The summed E-state index contributed by atoms with van der Waals surface area (Å²) in [5.41, 5.74) is 0.911. The molecule has 0 N–H and O–H groups in total. The monoisotopic (exact) mass is 242 g/mol. The molecule has 1 radical (unpaired) electrons. The third kappa shape index (κ3) is 2.23. The summed E-state index contributed by atoms with van der Waals surface area (Å²) < 4.78 is 0. The van der Waals surface area contributed by atoms with Crippen LogP contribution < -0.4 is 0 Å². The van der Waals surface area contributed by atoms with E-state index in [0.29, 0.717) is 0 Å². The van der Waals surface area contributed by atoms with Crippen LogP contribution in [-0.2, 0) is 32.7 Å². The molecule has 1 heterocycles. The molecule has 0 amide bonds. The third-order valence-corrected chi connectivity index (χ3v) is 1.77. The molecule has 0 atom stereocenters. The SMILES string of the molecule is [CH-]=Cc1[c-]cc2cnccc2c1.[Y]. The predicted octanol–water partition coefficient (Wildman–Crippen LogP) is 2.48. The molecular weight excluding hydrogens is 235 g/mol. The van der Waals surface area contributed by atoms with Crippen LogP contribution in [-0.4, -0.2) is 4.98 Å². The maximum absolute atomic E-state index is 5.37. The molecule has 61 valence electrons. The van der Waals surface area contributed by atoms with Crippen LogP contribution in [0.1, 0.15) is 5.56 Å². The molecular formula is C11H7NY-2. The smallest absolute Gasteiger partial charge is 0.0248 e. The second-order valence-corrected chi connectivity index (χ2v) is 2.56. The van der Waals surface area contributed by atoms with Gasteiger partial charge in [-0.3, -0.25) is 4.98 Å². The van der Waals surface area contributed by atoms with Crippen molar-refractivity contribution in [2.45, 2.75) is 0 Å². The van der Waals surface area contributed by atoms with E-state index >= 15 is 0 Å². The molecule has 1 aromatic carbocycles. The van der Waals surface area contributed by atoms with E-state index in [-0.39, 0.29) is 32.7 Å². The average molecular weight is 242 g/mol. The molecule has 0 saturated heterocycles. The normalized spacial score (nSPS) is 9.23. The summed E-state index contributed by atoms with van der Waals surface area (Å²) in [6.07, 6.45) is 5.12. The van der Waals surface area contributed by atoms with Crippen molar-refractivity contribution in [1.29, 1.82) is 0 Å². The first kappa shape index (κ1) is 10.6. The van der Waals surface area contributed by atoms with Gasteiger partial charge in [-0.15, -0.1) is 5.39 Å². The molecule has 0 aliphatic heterocycles. The van der Waals surface area contributed by atoms with E-state index in [4.69, 9.17) is 6.58 Å². The molecule has 13 heavy (non-hydrogen) atoms. The number of rotatable bonds is 1. The maximum Gasteiger partial charge on any atom is 0.0248 e. The van der Waals surface area contributed by atoms with Crippen LogP contribution in [0.4, 0.5) is 0 Å². The van der Waals surface area contributed by atoms with Gasteiger partial charge in [-0.1, -0.05) is 11.5 Å². The summed E-state index contributed by atoms with van der Waals surface area (Å²) in [5, 5.41) is 2.23. The topological polar surface area (TPSA) is 12.9 Å². The van der Waals surface area contributed by atoms with Gasteiger partial charge in [-0.05, 0) is 6.20 Å². The zero-order chi connectivity index (χ0) is 8.39. The van der Waals surface area contributed by atoms with Crippen molar-refractivity contribution < 1.29 is 32.7 Å². The first-order chi connectivity index (χ1) is 5.90. The molecule has 2 aromatic rings. The van der Waals surface area contributed by atoms with E-state index < -0.39 is 0 Å². The minimum Gasteiger partial charge on any atom is -0.344 e. The van der Waals surface area contributed by atoms with Gasteiger partial charge in [0, 0.05) is 38.9 Å². The van der Waals surface area contributed by atoms with Crippen LogP contribution in [0.2, 0.25) is 0 Å². The van der Waals surface area contributed by atoms with E-state index in [1.54, 1.807) is 12.3 Å². The number of benzene rings is 1. The summed E-state index contributed by atoms with van der Waals surface area (Å²) in [6.45, 7) is 5.37. The van der Waals surface area contributed by atoms with E-state index in [1.165, 1.54) is 0 Å². The van der Waals surface area contributed by atoms with Crippen molar-refractivity contribution in [2.24, 2.45) is 0 Å². The van der Waals surface area contributed by atoms with E-state index in [2.05, 4.69) is 11.1 Å². The Morgan fingerprint density at radius 3 is 3.00 bits per heavy atom. The Morgan fingerprint density at radius 2 is 2.23 bits per heavy atom. The predicted molar refractivity (Wildman–Crippen MR) is 49.3 cm³/mol. The van der Waals surface area contributed by atoms with Crippen molar-refractivity contribution in [3.05, 3.63) is 48.8 Å². The van der Waals surface area contributed by atoms with E-state index in [9.17, 15) is 0 Å². The fourth-order valence-corrected chi connectivity index (χ4v) is 1.14. The van der Waals surface area contributed by atoms with Crippen LogP contribution in [0.25, 0.3) is 16.8 Å². The van der Waals surface area contributed by atoms with Gasteiger partial charge < -0.3 is 18.2 Å². The number of hydrogen-bond acceptors (Lipinski definition) is 1. The van der Waals surface area contributed by atoms with Crippen molar-refractivity contribution in [2.75, 3.05) is 0 Å². The number of fused-ring (bicyclic) bond motifs is 1. The number of aromatic nitrogens is 1. The Labute approximate surface area is 103 Å². The van der Waals surface area contributed by atoms with Crippen molar-refractivity contribution >= 4 is 16.8 Å². The minimum atomic E-state index is 0. The summed E-state index contributed by atoms with van der Waals surface area (Å²) in [4.78, 5) is 4.01. The van der Waals surface area contributed by atoms with Crippen molar-refractivity contribution in [1.82, 2.24) is 4.98 Å². The van der Waals surface area contributed by atoms with Crippen LogP contribution >= 0.6 is 0 Å².